The van der Waals surface area contributed by atoms with E-state index in [-0.39, 0.29) is 12.6 Å². The Morgan fingerprint density at radius 1 is 1.42 bits per heavy atom. The van der Waals surface area contributed by atoms with Crippen LogP contribution >= 0.6 is 11.6 Å². The number of urea groups is 1. The number of methoxy groups -OCH3 is 1. The molecule has 1 saturated heterocycles. The van der Waals surface area contributed by atoms with Crippen molar-refractivity contribution in [3.63, 3.8) is 0 Å². The minimum atomic E-state index is -0.876. The Labute approximate surface area is 145 Å². The lowest BCUT2D eigenvalue weighted by Crippen LogP contribution is -2.44. The van der Waals surface area contributed by atoms with Crippen molar-refractivity contribution in [1.82, 2.24) is 4.90 Å². The molecule has 2 amide bonds. The van der Waals surface area contributed by atoms with Crippen LogP contribution in [-0.2, 0) is 9.53 Å². The molecule has 1 aliphatic heterocycles. The largest absolute Gasteiger partial charge is 0.487 e. The standard InChI is InChI=1S/C16H21ClN2O5/c1-23-8-9-24-14-12(17)5-2-6-13(14)18-16(22)19-7-3-4-11(10-19)15(20)21/h2,5-6,11H,3-4,7-10H2,1H3,(H,18,22)(H,20,21). The summed E-state index contributed by atoms with van der Waals surface area (Å²) in [7, 11) is 1.56. The lowest BCUT2D eigenvalue weighted by Gasteiger charge is -2.31. The number of carbonyl (C=O) groups excluding carboxylic acids is 1. The fourth-order valence-corrected chi connectivity index (χ4v) is 2.77. The SMILES string of the molecule is COCCOc1c(Cl)cccc1NC(=O)N1CCCC(C(=O)O)C1. The molecular weight excluding hydrogens is 336 g/mol. The Morgan fingerprint density at radius 3 is 2.92 bits per heavy atom. The summed E-state index contributed by atoms with van der Waals surface area (Å²) < 4.78 is 10.5. The van der Waals surface area contributed by atoms with Gasteiger partial charge in [-0.25, -0.2) is 4.79 Å². The second-order valence-corrected chi connectivity index (χ2v) is 5.92. The zero-order valence-electron chi connectivity index (χ0n) is 13.5. The van der Waals surface area contributed by atoms with Crippen LogP contribution in [0.5, 0.6) is 5.75 Å². The number of rotatable bonds is 6. The van der Waals surface area contributed by atoms with Gasteiger partial charge in [-0.2, -0.15) is 0 Å². The fourth-order valence-electron chi connectivity index (χ4n) is 2.54. The molecular formula is C16H21ClN2O5. The maximum absolute atomic E-state index is 12.4. The summed E-state index contributed by atoms with van der Waals surface area (Å²) in [6.07, 6.45) is 1.25. The van der Waals surface area contributed by atoms with E-state index in [1.54, 1.807) is 25.3 Å². The molecule has 0 radical (unpaired) electrons. The van der Waals surface area contributed by atoms with E-state index in [0.29, 0.717) is 49.1 Å². The van der Waals surface area contributed by atoms with Crippen molar-refractivity contribution in [2.75, 3.05) is 38.7 Å². The second kappa shape index (κ2) is 8.75. The predicted octanol–water partition coefficient (Wildman–Crippen LogP) is 2.69. The first kappa shape index (κ1) is 18.4. The number of aliphatic carboxylic acids is 1. The molecule has 0 spiro atoms. The molecule has 0 saturated carbocycles. The van der Waals surface area contributed by atoms with Crippen molar-refractivity contribution in [2.45, 2.75) is 12.8 Å². The van der Waals surface area contributed by atoms with Gasteiger partial charge in [0.1, 0.15) is 6.61 Å². The minimum Gasteiger partial charge on any atom is -0.487 e. The number of likely N-dealkylation sites (tertiary alicyclic amines) is 1. The van der Waals surface area contributed by atoms with Gasteiger partial charge in [0, 0.05) is 20.2 Å². The molecule has 1 heterocycles. The number of hydrogen-bond donors (Lipinski definition) is 2. The number of benzene rings is 1. The summed E-state index contributed by atoms with van der Waals surface area (Å²) in [5.74, 6) is -1.03. The number of nitrogens with one attached hydrogen (secondary N) is 1. The van der Waals surface area contributed by atoms with Crippen molar-refractivity contribution in [1.29, 1.82) is 0 Å². The molecule has 2 N–H and O–H groups in total. The van der Waals surface area contributed by atoms with E-state index in [1.807, 2.05) is 0 Å². The normalized spacial score (nSPS) is 17.4. The maximum Gasteiger partial charge on any atom is 0.321 e. The first-order valence-corrected chi connectivity index (χ1v) is 8.09. The van der Waals surface area contributed by atoms with Crippen molar-refractivity contribution in [2.24, 2.45) is 5.92 Å². The quantitative estimate of drug-likeness (QED) is 0.765. The number of hydrogen-bond acceptors (Lipinski definition) is 4. The van der Waals surface area contributed by atoms with Crippen molar-refractivity contribution < 1.29 is 24.2 Å². The van der Waals surface area contributed by atoms with Crippen LogP contribution in [0.1, 0.15) is 12.8 Å². The highest BCUT2D eigenvalue weighted by molar-refractivity contribution is 6.32. The van der Waals surface area contributed by atoms with Gasteiger partial charge in [0.2, 0.25) is 0 Å². The smallest absolute Gasteiger partial charge is 0.321 e. The lowest BCUT2D eigenvalue weighted by molar-refractivity contribution is -0.143. The third-order valence-electron chi connectivity index (χ3n) is 3.80. The molecule has 1 atom stereocenters. The van der Waals surface area contributed by atoms with Crippen molar-refractivity contribution >= 4 is 29.3 Å². The van der Waals surface area contributed by atoms with E-state index in [4.69, 9.17) is 26.2 Å². The number of carboxylic acid groups (broad SMARTS) is 1. The van der Waals surface area contributed by atoms with Gasteiger partial charge in [-0.15, -0.1) is 0 Å². The molecule has 1 aromatic carbocycles. The molecule has 2 rings (SSSR count). The van der Waals surface area contributed by atoms with Gasteiger partial charge in [0.25, 0.3) is 0 Å². The number of ether oxygens (including phenoxy) is 2. The third-order valence-corrected chi connectivity index (χ3v) is 4.10. The Bertz CT molecular complexity index is 596. The summed E-state index contributed by atoms with van der Waals surface area (Å²) in [6.45, 7) is 1.41. The average molecular weight is 357 g/mol. The van der Waals surface area contributed by atoms with Crippen LogP contribution in [0.4, 0.5) is 10.5 Å². The molecule has 1 aromatic rings. The molecule has 1 fully saturated rings. The van der Waals surface area contributed by atoms with E-state index >= 15 is 0 Å². The first-order chi connectivity index (χ1) is 11.5. The molecule has 0 aliphatic carbocycles. The zero-order valence-corrected chi connectivity index (χ0v) is 14.2. The Hall–Kier alpha value is -1.99. The van der Waals surface area contributed by atoms with Gasteiger partial charge in [-0.05, 0) is 25.0 Å². The Morgan fingerprint density at radius 2 is 2.21 bits per heavy atom. The third kappa shape index (κ3) is 4.75. The summed E-state index contributed by atoms with van der Waals surface area (Å²) in [5, 5.41) is 12.3. The van der Waals surface area contributed by atoms with Crippen LogP contribution in [-0.4, -0.2) is 55.4 Å². The molecule has 1 aliphatic rings. The number of carbonyl (C=O) groups is 2. The summed E-state index contributed by atoms with van der Waals surface area (Å²) in [6, 6.07) is 4.70. The van der Waals surface area contributed by atoms with E-state index < -0.39 is 11.9 Å². The average Bonchev–Trinajstić information content (AvgIpc) is 2.57. The number of para-hydroxylation sites is 1. The highest BCUT2D eigenvalue weighted by Crippen LogP contribution is 2.33. The van der Waals surface area contributed by atoms with Crippen LogP contribution in [0.3, 0.4) is 0 Å². The monoisotopic (exact) mass is 356 g/mol. The van der Waals surface area contributed by atoms with Crippen LogP contribution < -0.4 is 10.1 Å². The summed E-state index contributed by atoms with van der Waals surface area (Å²) in [4.78, 5) is 25.0. The summed E-state index contributed by atoms with van der Waals surface area (Å²) in [5.41, 5.74) is 0.445. The second-order valence-electron chi connectivity index (χ2n) is 5.51. The summed E-state index contributed by atoms with van der Waals surface area (Å²) >= 11 is 6.13. The molecule has 0 aromatic heterocycles. The predicted molar refractivity (Wildman–Crippen MR) is 89.8 cm³/mol. The fraction of sp³-hybridized carbons (Fsp3) is 0.500. The van der Waals surface area contributed by atoms with Gasteiger partial charge in [-0.3, -0.25) is 4.79 Å². The van der Waals surface area contributed by atoms with Gasteiger partial charge >= 0.3 is 12.0 Å². The number of piperidine rings is 1. The number of halogens is 1. The lowest BCUT2D eigenvalue weighted by atomic mass is 9.99. The van der Waals surface area contributed by atoms with E-state index in [0.717, 1.165) is 0 Å². The van der Waals surface area contributed by atoms with Crippen LogP contribution in [0.15, 0.2) is 18.2 Å². The van der Waals surface area contributed by atoms with Crippen LogP contribution in [0.25, 0.3) is 0 Å². The highest BCUT2D eigenvalue weighted by Gasteiger charge is 2.28. The molecule has 0 bridgehead atoms. The highest BCUT2D eigenvalue weighted by atomic mass is 35.5. The first-order valence-electron chi connectivity index (χ1n) is 7.72. The number of nitrogens with zero attached hydrogens (tertiary/aromatic N) is 1. The van der Waals surface area contributed by atoms with Gasteiger partial charge < -0.3 is 24.8 Å². The molecule has 24 heavy (non-hydrogen) atoms. The number of carboxylic acids is 1. The zero-order chi connectivity index (χ0) is 17.5. The molecule has 7 nitrogen and oxygen atoms in total. The van der Waals surface area contributed by atoms with E-state index in [2.05, 4.69) is 5.32 Å². The van der Waals surface area contributed by atoms with Gasteiger partial charge in [0.15, 0.2) is 5.75 Å². The van der Waals surface area contributed by atoms with Crippen LogP contribution in [0.2, 0.25) is 5.02 Å². The van der Waals surface area contributed by atoms with E-state index in [1.165, 1.54) is 4.90 Å². The van der Waals surface area contributed by atoms with Gasteiger partial charge in [0.05, 0.1) is 23.2 Å². The topological polar surface area (TPSA) is 88.1 Å². The molecule has 8 heteroatoms. The van der Waals surface area contributed by atoms with Crippen molar-refractivity contribution in [3.05, 3.63) is 23.2 Å². The minimum absolute atomic E-state index is 0.196. The number of anilines is 1. The number of amides is 2. The van der Waals surface area contributed by atoms with E-state index in [9.17, 15) is 9.59 Å². The van der Waals surface area contributed by atoms with Crippen molar-refractivity contribution in [3.8, 4) is 5.75 Å². The Kier molecular flexibility index (Phi) is 6.69. The molecule has 132 valence electrons. The Balaban J connectivity index is 2.05. The maximum atomic E-state index is 12.4. The van der Waals surface area contributed by atoms with Gasteiger partial charge in [-0.1, -0.05) is 17.7 Å². The van der Waals surface area contributed by atoms with Crippen LogP contribution in [0, 0.1) is 5.92 Å². The molecule has 1 unspecified atom stereocenters.